The van der Waals surface area contributed by atoms with E-state index in [0.29, 0.717) is 24.3 Å². The van der Waals surface area contributed by atoms with Crippen LogP contribution in [0, 0.1) is 0 Å². The first-order valence-corrected chi connectivity index (χ1v) is 7.84. The lowest BCUT2D eigenvalue weighted by molar-refractivity contribution is -0.131. The summed E-state index contributed by atoms with van der Waals surface area (Å²) in [6.45, 7) is 0.633. The number of rotatable bonds is 3. The summed E-state index contributed by atoms with van der Waals surface area (Å²) in [4.78, 5) is 23.6. The smallest absolute Gasteiger partial charge is 0.303 e. The van der Waals surface area contributed by atoms with Crippen LogP contribution in [0.1, 0.15) is 12.8 Å². The Kier molecular flexibility index (Phi) is 3.83. The van der Waals surface area contributed by atoms with Crippen LogP contribution in [-0.4, -0.2) is 35.0 Å². The van der Waals surface area contributed by atoms with Gasteiger partial charge in [0, 0.05) is 25.0 Å². The van der Waals surface area contributed by atoms with Crippen molar-refractivity contribution in [1.82, 2.24) is 4.90 Å². The van der Waals surface area contributed by atoms with Crippen molar-refractivity contribution >= 4 is 24.8 Å². The largest absolute Gasteiger partial charge is 0.399 e. The molecular weight excluding hydrogens is 265 g/mol. The average molecular weight is 283 g/mol. The van der Waals surface area contributed by atoms with Crippen LogP contribution in [0.2, 0.25) is 0 Å². The zero-order valence-corrected chi connectivity index (χ0v) is 11.6. The van der Waals surface area contributed by atoms with Gasteiger partial charge in [0.2, 0.25) is 5.91 Å². The standard InChI is InChI=1S/C12H18N3O3P/c1-15-7-3-6-11(12(15)16)19(17,18)14-10-5-2-4-9(13)8-10/h2,4-5,8,11H,3,6-7,13H2,1H3,(H2,14,17,18). The maximum absolute atomic E-state index is 12.4. The van der Waals surface area contributed by atoms with E-state index in [1.807, 2.05) is 0 Å². The highest BCUT2D eigenvalue weighted by atomic mass is 31.2. The summed E-state index contributed by atoms with van der Waals surface area (Å²) in [6, 6.07) is 6.59. The summed E-state index contributed by atoms with van der Waals surface area (Å²) in [6.07, 6.45) is 1.16. The molecule has 0 aliphatic carbocycles. The number of piperidine rings is 1. The molecule has 6 nitrogen and oxygen atoms in total. The Bertz CT molecular complexity index is 535. The summed E-state index contributed by atoms with van der Waals surface area (Å²) in [5.41, 5.74) is 5.69. The molecule has 0 bridgehead atoms. The molecule has 2 atom stereocenters. The lowest BCUT2D eigenvalue weighted by Gasteiger charge is -2.32. The maximum Gasteiger partial charge on any atom is 0.303 e. The molecule has 4 N–H and O–H groups in total. The van der Waals surface area contributed by atoms with E-state index in [-0.39, 0.29) is 5.91 Å². The second-order valence-corrected chi connectivity index (χ2v) is 6.87. The Hall–Kier alpha value is -1.52. The van der Waals surface area contributed by atoms with Gasteiger partial charge in [0.05, 0.1) is 0 Å². The summed E-state index contributed by atoms with van der Waals surface area (Å²) in [7, 11) is -2.15. The van der Waals surface area contributed by atoms with E-state index in [0.717, 1.165) is 6.42 Å². The van der Waals surface area contributed by atoms with E-state index >= 15 is 0 Å². The highest BCUT2D eigenvalue weighted by Gasteiger charge is 2.40. The summed E-state index contributed by atoms with van der Waals surface area (Å²) in [5.74, 6) is -0.284. The lowest BCUT2D eigenvalue weighted by atomic mass is 10.1. The minimum atomic E-state index is -3.80. The fourth-order valence-corrected chi connectivity index (χ4v) is 3.90. The quantitative estimate of drug-likeness (QED) is 0.577. The fraction of sp³-hybridized carbons (Fsp3) is 0.417. The third-order valence-corrected chi connectivity index (χ3v) is 5.13. The second kappa shape index (κ2) is 5.23. The molecule has 2 unspecified atom stereocenters. The molecule has 0 saturated carbocycles. The van der Waals surface area contributed by atoms with Crippen LogP contribution in [0.5, 0.6) is 0 Å². The van der Waals surface area contributed by atoms with Gasteiger partial charge < -0.3 is 20.6 Å². The zero-order chi connectivity index (χ0) is 14.0. The van der Waals surface area contributed by atoms with Gasteiger partial charge in [0.15, 0.2) is 0 Å². The van der Waals surface area contributed by atoms with Crippen molar-refractivity contribution in [2.24, 2.45) is 0 Å². The number of carbonyl (C=O) groups is 1. The first-order chi connectivity index (χ1) is 8.90. The second-order valence-electron chi connectivity index (χ2n) is 4.78. The number of nitrogens with two attached hydrogens (primary N) is 1. The van der Waals surface area contributed by atoms with Crippen LogP contribution in [0.25, 0.3) is 0 Å². The molecule has 1 aromatic carbocycles. The molecule has 2 rings (SSSR count). The van der Waals surface area contributed by atoms with Crippen molar-refractivity contribution in [3.8, 4) is 0 Å². The first-order valence-electron chi connectivity index (χ1n) is 6.11. The normalized spacial score (nSPS) is 22.9. The average Bonchev–Trinajstić information content (AvgIpc) is 2.32. The minimum absolute atomic E-state index is 0.284. The molecule has 1 aliphatic rings. The SMILES string of the molecule is CN1CCCC(P(=O)(O)Nc2cccc(N)c2)C1=O. The molecule has 1 aliphatic heterocycles. The molecule has 1 saturated heterocycles. The number of hydrogen-bond acceptors (Lipinski definition) is 3. The lowest BCUT2D eigenvalue weighted by Crippen LogP contribution is -2.42. The van der Waals surface area contributed by atoms with Crippen LogP contribution in [0.3, 0.4) is 0 Å². The number of nitrogens with zero attached hydrogens (tertiary/aromatic N) is 1. The summed E-state index contributed by atoms with van der Waals surface area (Å²) in [5, 5.41) is 2.56. The van der Waals surface area contributed by atoms with Gasteiger partial charge in [-0.1, -0.05) is 6.07 Å². The van der Waals surface area contributed by atoms with Crippen molar-refractivity contribution in [1.29, 1.82) is 0 Å². The van der Waals surface area contributed by atoms with E-state index in [2.05, 4.69) is 5.09 Å². The summed E-state index contributed by atoms with van der Waals surface area (Å²) >= 11 is 0. The van der Waals surface area contributed by atoms with Gasteiger partial charge in [-0.05, 0) is 31.0 Å². The molecule has 104 valence electrons. The third-order valence-electron chi connectivity index (χ3n) is 3.23. The Balaban J connectivity index is 2.18. The highest BCUT2D eigenvalue weighted by molar-refractivity contribution is 7.61. The van der Waals surface area contributed by atoms with E-state index in [4.69, 9.17) is 5.73 Å². The minimum Gasteiger partial charge on any atom is -0.399 e. The van der Waals surface area contributed by atoms with E-state index in [1.165, 1.54) is 4.90 Å². The van der Waals surface area contributed by atoms with Gasteiger partial charge >= 0.3 is 7.52 Å². The number of nitrogens with one attached hydrogen (secondary N) is 1. The van der Waals surface area contributed by atoms with Crippen molar-refractivity contribution in [3.05, 3.63) is 24.3 Å². The molecule has 19 heavy (non-hydrogen) atoms. The fourth-order valence-electron chi connectivity index (χ4n) is 2.21. The van der Waals surface area contributed by atoms with Crippen molar-refractivity contribution in [2.45, 2.75) is 18.5 Å². The van der Waals surface area contributed by atoms with Crippen LogP contribution in [0.4, 0.5) is 11.4 Å². The predicted molar refractivity (Wildman–Crippen MR) is 75.0 cm³/mol. The molecule has 1 heterocycles. The Morgan fingerprint density at radius 2 is 2.26 bits per heavy atom. The topological polar surface area (TPSA) is 95.7 Å². The molecule has 0 spiro atoms. The van der Waals surface area contributed by atoms with Crippen LogP contribution >= 0.6 is 7.52 Å². The Morgan fingerprint density at radius 3 is 2.95 bits per heavy atom. The highest BCUT2D eigenvalue weighted by Crippen LogP contribution is 2.49. The van der Waals surface area contributed by atoms with E-state index in [1.54, 1.807) is 31.3 Å². The number of likely N-dealkylation sites (tertiary alicyclic amines) is 1. The number of benzene rings is 1. The molecule has 1 fully saturated rings. The van der Waals surface area contributed by atoms with Gasteiger partial charge in [0.1, 0.15) is 5.66 Å². The number of anilines is 2. The van der Waals surface area contributed by atoms with Crippen LogP contribution in [-0.2, 0) is 9.36 Å². The first kappa shape index (κ1) is 13.9. The van der Waals surface area contributed by atoms with Gasteiger partial charge in [-0.3, -0.25) is 9.36 Å². The predicted octanol–water partition coefficient (Wildman–Crippen LogP) is 1.49. The van der Waals surface area contributed by atoms with Crippen molar-refractivity contribution in [2.75, 3.05) is 24.4 Å². The number of amides is 1. The Labute approximate surface area is 112 Å². The molecule has 7 heteroatoms. The van der Waals surface area contributed by atoms with Crippen molar-refractivity contribution < 1.29 is 14.3 Å². The monoisotopic (exact) mass is 283 g/mol. The number of carbonyl (C=O) groups excluding carboxylic acids is 1. The van der Waals surface area contributed by atoms with Crippen molar-refractivity contribution in [3.63, 3.8) is 0 Å². The van der Waals surface area contributed by atoms with Gasteiger partial charge in [-0.2, -0.15) is 0 Å². The molecule has 0 aromatic heterocycles. The molecule has 0 radical (unpaired) electrons. The van der Waals surface area contributed by atoms with Gasteiger partial charge in [-0.15, -0.1) is 0 Å². The zero-order valence-electron chi connectivity index (χ0n) is 10.7. The molecule has 1 amide bonds. The third kappa shape index (κ3) is 3.08. The molecule has 1 aromatic rings. The number of hydrogen-bond donors (Lipinski definition) is 3. The van der Waals surface area contributed by atoms with E-state index < -0.39 is 13.2 Å². The maximum atomic E-state index is 12.4. The molecular formula is C12H18N3O3P. The number of nitrogen functional groups attached to an aromatic ring is 1. The van der Waals surface area contributed by atoms with Gasteiger partial charge in [0.25, 0.3) is 0 Å². The van der Waals surface area contributed by atoms with Crippen LogP contribution in [0.15, 0.2) is 24.3 Å². The van der Waals surface area contributed by atoms with Gasteiger partial charge in [-0.25, -0.2) is 0 Å². The van der Waals surface area contributed by atoms with Crippen LogP contribution < -0.4 is 10.8 Å². The Morgan fingerprint density at radius 1 is 1.53 bits per heavy atom. The van der Waals surface area contributed by atoms with E-state index in [9.17, 15) is 14.3 Å². The summed E-state index contributed by atoms with van der Waals surface area (Å²) < 4.78 is 12.4.